The van der Waals surface area contributed by atoms with Crippen molar-refractivity contribution in [2.24, 2.45) is 5.92 Å². The summed E-state index contributed by atoms with van der Waals surface area (Å²) in [5.41, 5.74) is 0. The van der Waals surface area contributed by atoms with Gasteiger partial charge in [-0.05, 0) is 24.5 Å². The monoisotopic (exact) mass is 140 g/mol. The maximum atomic E-state index is 10.3. The number of hydrogen-bond acceptors (Lipinski definition) is 1. The second kappa shape index (κ2) is 4.07. The van der Waals surface area contributed by atoms with Crippen LogP contribution in [0.3, 0.4) is 0 Å². The summed E-state index contributed by atoms with van der Waals surface area (Å²) >= 11 is 0. The largest absolute Gasteiger partial charge is 1.00 e. The Morgan fingerprint density at radius 1 is 1.62 bits per heavy atom. The van der Waals surface area contributed by atoms with Crippen LogP contribution < -0.4 is 29.6 Å². The van der Waals surface area contributed by atoms with E-state index in [-0.39, 0.29) is 29.6 Å². The van der Waals surface area contributed by atoms with E-state index in [1.165, 1.54) is 12.8 Å². The van der Waals surface area contributed by atoms with Crippen molar-refractivity contribution in [3.05, 3.63) is 0 Å². The Balaban J connectivity index is 0.000000490. The second-order valence-electron chi connectivity index (χ2n) is 2.05. The van der Waals surface area contributed by atoms with Crippen LogP contribution >= 0.6 is 10.8 Å². The minimum atomic E-state index is -0.783. The van der Waals surface area contributed by atoms with Crippen molar-refractivity contribution in [1.82, 2.24) is 0 Å². The zero-order valence-electron chi connectivity index (χ0n) is 5.22. The standard InChI is InChI=1S/C5H9OS.Na/c1-7(6)4-5-2-3-5;/h5H,1-4H2;/q-1;+1. The zero-order valence-corrected chi connectivity index (χ0v) is 8.04. The minimum Gasteiger partial charge on any atom is -0.803 e. The van der Waals surface area contributed by atoms with Gasteiger partial charge in [-0.3, -0.25) is 10.8 Å². The number of rotatable bonds is 2. The first-order valence-corrected chi connectivity index (χ1v) is 3.96. The van der Waals surface area contributed by atoms with Crippen LogP contribution in [0.15, 0.2) is 0 Å². The van der Waals surface area contributed by atoms with Crippen LogP contribution in [0.1, 0.15) is 12.8 Å². The molecule has 0 aromatic carbocycles. The third-order valence-electron chi connectivity index (χ3n) is 1.12. The molecule has 0 aliphatic heterocycles. The molecule has 1 nitrogen and oxygen atoms in total. The molecule has 0 aromatic rings. The molecule has 1 aliphatic carbocycles. The van der Waals surface area contributed by atoms with Gasteiger partial charge in [-0.15, -0.1) is 0 Å². The Hall–Kier alpha value is 1.18. The summed E-state index contributed by atoms with van der Waals surface area (Å²) in [7, 11) is -0.783. The van der Waals surface area contributed by atoms with Crippen molar-refractivity contribution in [3.63, 3.8) is 0 Å². The summed E-state index contributed by atoms with van der Waals surface area (Å²) in [5.74, 6) is 4.99. The Kier molecular flexibility index (Phi) is 4.67. The summed E-state index contributed by atoms with van der Waals surface area (Å²) < 4.78 is 10.3. The molecule has 0 bridgehead atoms. The zero-order chi connectivity index (χ0) is 5.28. The van der Waals surface area contributed by atoms with Gasteiger partial charge in [-0.2, -0.15) is 0 Å². The normalized spacial score (nSPS) is 21.6. The molecule has 1 aliphatic rings. The smallest absolute Gasteiger partial charge is 0.803 e. The molecular formula is C5H9NaOS. The van der Waals surface area contributed by atoms with Crippen LogP contribution in [0, 0.1) is 5.92 Å². The average Bonchev–Trinajstić information content (AvgIpc) is 2.17. The Labute approximate surface area is 74.9 Å². The first-order valence-electron chi connectivity index (χ1n) is 2.47. The molecule has 0 radical (unpaired) electrons. The topological polar surface area (TPSA) is 23.1 Å². The third kappa shape index (κ3) is 4.10. The van der Waals surface area contributed by atoms with Crippen molar-refractivity contribution in [2.75, 3.05) is 5.75 Å². The molecule has 0 aromatic heterocycles. The summed E-state index contributed by atoms with van der Waals surface area (Å²) in [6.07, 6.45) is 2.56. The fourth-order valence-electron chi connectivity index (χ4n) is 0.547. The summed E-state index contributed by atoms with van der Waals surface area (Å²) in [5, 5.41) is 0. The quantitative estimate of drug-likeness (QED) is 0.329. The van der Waals surface area contributed by atoms with E-state index in [2.05, 4.69) is 5.87 Å². The summed E-state index contributed by atoms with van der Waals surface area (Å²) in [4.78, 5) is 0. The van der Waals surface area contributed by atoms with E-state index < -0.39 is 10.8 Å². The molecule has 0 N–H and O–H groups in total. The molecule has 1 atom stereocenters. The molecule has 1 saturated carbocycles. The Bertz CT molecular complexity index is 90.4. The molecule has 8 heavy (non-hydrogen) atoms. The minimum absolute atomic E-state index is 0. The predicted octanol–water partition coefficient (Wildman–Crippen LogP) is -1.77. The van der Waals surface area contributed by atoms with E-state index >= 15 is 0 Å². The van der Waals surface area contributed by atoms with Crippen LogP contribution in [-0.2, 0) is 0 Å². The Morgan fingerprint density at radius 2 is 2.12 bits per heavy atom. The van der Waals surface area contributed by atoms with Gasteiger partial charge < -0.3 is 4.55 Å². The van der Waals surface area contributed by atoms with Crippen molar-refractivity contribution < 1.29 is 34.1 Å². The Morgan fingerprint density at radius 3 is 2.25 bits per heavy atom. The summed E-state index contributed by atoms with van der Waals surface area (Å²) in [6.45, 7) is 0. The van der Waals surface area contributed by atoms with E-state index in [9.17, 15) is 4.55 Å². The van der Waals surface area contributed by atoms with Crippen molar-refractivity contribution in [2.45, 2.75) is 12.8 Å². The maximum Gasteiger partial charge on any atom is 1.00 e. The van der Waals surface area contributed by atoms with Gasteiger partial charge >= 0.3 is 29.6 Å². The van der Waals surface area contributed by atoms with Gasteiger partial charge in [0, 0.05) is 0 Å². The van der Waals surface area contributed by atoms with Gasteiger partial charge in [0.1, 0.15) is 0 Å². The van der Waals surface area contributed by atoms with Crippen LogP contribution in [0.5, 0.6) is 0 Å². The summed E-state index contributed by atoms with van der Waals surface area (Å²) in [6, 6.07) is 0. The van der Waals surface area contributed by atoms with Gasteiger partial charge in [0.05, 0.1) is 0 Å². The van der Waals surface area contributed by atoms with E-state index in [0.717, 1.165) is 11.7 Å². The molecule has 1 unspecified atom stereocenters. The maximum absolute atomic E-state index is 10.3. The van der Waals surface area contributed by atoms with Gasteiger partial charge in [0.2, 0.25) is 0 Å². The molecular weight excluding hydrogens is 131 g/mol. The van der Waals surface area contributed by atoms with Gasteiger partial charge in [0.15, 0.2) is 0 Å². The van der Waals surface area contributed by atoms with Crippen molar-refractivity contribution >= 4 is 16.6 Å². The fraction of sp³-hybridized carbons (Fsp3) is 0.800. The van der Waals surface area contributed by atoms with Crippen LogP contribution in [0.2, 0.25) is 0 Å². The van der Waals surface area contributed by atoms with Crippen molar-refractivity contribution in [1.29, 1.82) is 0 Å². The van der Waals surface area contributed by atoms with Crippen LogP contribution in [-0.4, -0.2) is 16.2 Å². The molecule has 1 rings (SSSR count). The molecule has 0 spiro atoms. The van der Waals surface area contributed by atoms with Gasteiger partial charge in [-0.1, -0.05) is 5.87 Å². The molecule has 1 fully saturated rings. The second-order valence-corrected chi connectivity index (χ2v) is 3.26. The molecule has 42 valence electrons. The first kappa shape index (κ1) is 9.18. The van der Waals surface area contributed by atoms with Gasteiger partial charge in [-0.25, -0.2) is 0 Å². The van der Waals surface area contributed by atoms with Gasteiger partial charge in [0.25, 0.3) is 0 Å². The number of hydrogen-bond donors (Lipinski definition) is 0. The third-order valence-corrected chi connectivity index (χ3v) is 1.96. The SMILES string of the molecule is C=S([O-])CC1CC1.[Na+]. The van der Waals surface area contributed by atoms with E-state index in [1.54, 1.807) is 0 Å². The van der Waals surface area contributed by atoms with E-state index in [4.69, 9.17) is 0 Å². The van der Waals surface area contributed by atoms with Crippen molar-refractivity contribution in [3.8, 4) is 0 Å². The predicted molar refractivity (Wildman–Crippen MR) is 33.1 cm³/mol. The van der Waals surface area contributed by atoms with E-state index in [0.29, 0.717) is 0 Å². The molecule has 0 heterocycles. The van der Waals surface area contributed by atoms with Crippen LogP contribution in [0.25, 0.3) is 0 Å². The molecule has 0 saturated heterocycles. The van der Waals surface area contributed by atoms with E-state index in [1.807, 2.05) is 0 Å². The van der Waals surface area contributed by atoms with Crippen LogP contribution in [0.4, 0.5) is 0 Å². The first-order chi connectivity index (χ1) is 3.29. The molecule has 0 amide bonds. The average molecular weight is 140 g/mol. The fourth-order valence-corrected chi connectivity index (χ4v) is 1.41. The molecule has 3 heteroatoms.